The Balaban J connectivity index is 0.00000117. The number of hydrogen-bond acceptors (Lipinski definition) is 4. The molecule has 7 heteroatoms. The van der Waals surface area contributed by atoms with Crippen LogP contribution in [0.5, 0.6) is 11.5 Å². The van der Waals surface area contributed by atoms with Gasteiger partial charge in [-0.05, 0) is 54.4 Å². The van der Waals surface area contributed by atoms with Gasteiger partial charge >= 0.3 is 0 Å². The molecule has 3 aromatic rings. The Morgan fingerprint density at radius 3 is 2.31 bits per heavy atom. The summed E-state index contributed by atoms with van der Waals surface area (Å²) in [5.74, 6) is -1.22. The standard InChI is InChI=1S/C20H14F2N2O3.C2H6/c1-11-7-16-17(27-10-26-16)8-13(11)12-5-6-18(23-9-12)24-20(25)19-14(21)3-2-4-15(19)22;1-2/h2-9H,10H2,1H3,(H,23,24,25);1-2H3. The van der Waals surface area contributed by atoms with Crippen LogP contribution in [0.1, 0.15) is 29.8 Å². The second-order valence-corrected chi connectivity index (χ2v) is 6.00. The average Bonchev–Trinajstić information content (AvgIpc) is 3.16. The Morgan fingerprint density at radius 2 is 1.69 bits per heavy atom. The molecule has 0 radical (unpaired) electrons. The molecule has 0 atom stereocenters. The van der Waals surface area contributed by atoms with E-state index in [1.807, 2.05) is 32.9 Å². The highest BCUT2D eigenvalue weighted by Gasteiger charge is 2.19. The van der Waals surface area contributed by atoms with Gasteiger partial charge < -0.3 is 14.8 Å². The number of anilines is 1. The molecule has 0 unspecified atom stereocenters. The van der Waals surface area contributed by atoms with Gasteiger partial charge in [0, 0.05) is 11.8 Å². The summed E-state index contributed by atoms with van der Waals surface area (Å²) in [6, 6.07) is 10.3. The summed E-state index contributed by atoms with van der Waals surface area (Å²) in [6.45, 7) is 6.13. The van der Waals surface area contributed by atoms with Crippen molar-refractivity contribution in [3.05, 3.63) is 71.4 Å². The van der Waals surface area contributed by atoms with Crippen LogP contribution >= 0.6 is 0 Å². The Hall–Kier alpha value is -3.48. The maximum atomic E-state index is 13.7. The van der Waals surface area contributed by atoms with Crippen LogP contribution in [0.4, 0.5) is 14.6 Å². The van der Waals surface area contributed by atoms with E-state index in [1.165, 1.54) is 6.07 Å². The average molecular weight is 398 g/mol. The van der Waals surface area contributed by atoms with Gasteiger partial charge in [0.05, 0.1) is 0 Å². The van der Waals surface area contributed by atoms with Crippen molar-refractivity contribution < 1.29 is 23.0 Å². The molecule has 1 N–H and O–H groups in total. The SMILES string of the molecule is CC.Cc1cc2c(cc1-c1ccc(NC(=O)c3c(F)cccc3F)nc1)OCO2. The maximum Gasteiger partial charge on any atom is 0.262 e. The number of nitrogens with zero attached hydrogens (tertiary/aromatic N) is 1. The van der Waals surface area contributed by atoms with Gasteiger partial charge in [-0.15, -0.1) is 0 Å². The first-order valence-corrected chi connectivity index (χ1v) is 9.15. The second-order valence-electron chi connectivity index (χ2n) is 6.00. The minimum atomic E-state index is -0.930. The fourth-order valence-corrected chi connectivity index (χ4v) is 2.88. The molecular weight excluding hydrogens is 378 g/mol. The number of nitrogens with one attached hydrogen (secondary N) is 1. The van der Waals surface area contributed by atoms with Gasteiger partial charge in [-0.3, -0.25) is 4.79 Å². The third-order valence-corrected chi connectivity index (χ3v) is 4.23. The van der Waals surface area contributed by atoms with Crippen LogP contribution in [0.15, 0.2) is 48.7 Å². The Kier molecular flexibility index (Phi) is 6.07. The summed E-state index contributed by atoms with van der Waals surface area (Å²) in [7, 11) is 0. The molecule has 4 rings (SSSR count). The van der Waals surface area contributed by atoms with E-state index in [4.69, 9.17) is 9.47 Å². The minimum Gasteiger partial charge on any atom is -0.454 e. The summed E-state index contributed by atoms with van der Waals surface area (Å²) in [4.78, 5) is 16.3. The first-order chi connectivity index (χ1) is 14.0. The normalized spacial score (nSPS) is 11.5. The highest BCUT2D eigenvalue weighted by Crippen LogP contribution is 2.38. The van der Waals surface area contributed by atoms with Crippen LogP contribution in [0.2, 0.25) is 0 Å². The minimum absolute atomic E-state index is 0.185. The molecule has 29 heavy (non-hydrogen) atoms. The highest BCUT2D eigenvalue weighted by atomic mass is 19.1. The summed E-state index contributed by atoms with van der Waals surface area (Å²) < 4.78 is 38.1. The van der Waals surface area contributed by atoms with Gasteiger partial charge in [0.25, 0.3) is 5.91 Å². The lowest BCUT2D eigenvalue weighted by Crippen LogP contribution is -2.16. The first kappa shape index (κ1) is 20.3. The van der Waals surface area contributed by atoms with E-state index in [9.17, 15) is 13.6 Å². The number of pyridine rings is 1. The molecule has 5 nitrogen and oxygen atoms in total. The van der Waals surface area contributed by atoms with Crippen molar-refractivity contribution in [2.24, 2.45) is 0 Å². The molecular formula is C22H20F2N2O3. The fourth-order valence-electron chi connectivity index (χ4n) is 2.88. The summed E-state index contributed by atoms with van der Waals surface area (Å²) in [6.07, 6.45) is 1.57. The monoisotopic (exact) mass is 398 g/mol. The number of carbonyl (C=O) groups excluding carboxylic acids is 1. The zero-order chi connectivity index (χ0) is 21.0. The molecule has 150 valence electrons. The third kappa shape index (κ3) is 4.18. The summed E-state index contributed by atoms with van der Waals surface area (Å²) in [5.41, 5.74) is 2.05. The van der Waals surface area contributed by atoms with Gasteiger partial charge in [0.15, 0.2) is 11.5 Å². The molecule has 0 bridgehead atoms. The molecule has 0 aliphatic carbocycles. The molecule has 1 aliphatic rings. The van der Waals surface area contributed by atoms with E-state index < -0.39 is 23.1 Å². The quantitative estimate of drug-likeness (QED) is 0.647. The third-order valence-electron chi connectivity index (χ3n) is 4.23. The zero-order valence-corrected chi connectivity index (χ0v) is 16.3. The van der Waals surface area contributed by atoms with E-state index in [-0.39, 0.29) is 12.6 Å². The predicted molar refractivity (Wildman–Crippen MR) is 106 cm³/mol. The number of benzene rings is 2. The number of ether oxygens (including phenoxy) is 2. The number of aromatic nitrogens is 1. The molecule has 0 fully saturated rings. The molecule has 0 spiro atoms. The fraction of sp³-hybridized carbons (Fsp3) is 0.182. The number of hydrogen-bond donors (Lipinski definition) is 1. The number of halogens is 2. The van der Waals surface area contributed by atoms with Crippen LogP contribution in [-0.4, -0.2) is 17.7 Å². The van der Waals surface area contributed by atoms with E-state index >= 15 is 0 Å². The Morgan fingerprint density at radius 1 is 1.03 bits per heavy atom. The van der Waals surface area contributed by atoms with Crippen molar-refractivity contribution in [1.29, 1.82) is 0 Å². The van der Waals surface area contributed by atoms with Crippen LogP contribution in [0, 0.1) is 18.6 Å². The maximum absolute atomic E-state index is 13.7. The van der Waals surface area contributed by atoms with Crippen LogP contribution in [0.3, 0.4) is 0 Å². The van der Waals surface area contributed by atoms with Gasteiger partial charge in [0.1, 0.15) is 23.0 Å². The largest absolute Gasteiger partial charge is 0.454 e. The molecule has 0 saturated heterocycles. The topological polar surface area (TPSA) is 60.5 Å². The van der Waals surface area contributed by atoms with Gasteiger partial charge in [0.2, 0.25) is 6.79 Å². The van der Waals surface area contributed by atoms with Crippen molar-refractivity contribution in [2.45, 2.75) is 20.8 Å². The van der Waals surface area contributed by atoms with Crippen molar-refractivity contribution in [3.63, 3.8) is 0 Å². The molecule has 2 aromatic carbocycles. The van der Waals surface area contributed by atoms with E-state index in [2.05, 4.69) is 10.3 Å². The van der Waals surface area contributed by atoms with Gasteiger partial charge in [-0.1, -0.05) is 19.9 Å². The number of carbonyl (C=O) groups is 1. The van der Waals surface area contributed by atoms with E-state index in [0.29, 0.717) is 11.5 Å². The second kappa shape index (κ2) is 8.68. The molecule has 1 amide bonds. The number of amides is 1. The summed E-state index contributed by atoms with van der Waals surface area (Å²) >= 11 is 0. The smallest absolute Gasteiger partial charge is 0.262 e. The van der Waals surface area contributed by atoms with Gasteiger partial charge in [-0.2, -0.15) is 0 Å². The van der Waals surface area contributed by atoms with E-state index in [0.717, 1.165) is 28.8 Å². The Bertz CT molecular complexity index is 1020. The molecule has 2 heterocycles. The predicted octanol–water partition coefficient (Wildman–Crippen LogP) is 5.34. The van der Waals surface area contributed by atoms with Crippen molar-refractivity contribution in [2.75, 3.05) is 12.1 Å². The van der Waals surface area contributed by atoms with Crippen molar-refractivity contribution in [3.8, 4) is 22.6 Å². The number of rotatable bonds is 3. The first-order valence-electron chi connectivity index (χ1n) is 9.15. The van der Waals surface area contributed by atoms with Crippen molar-refractivity contribution >= 4 is 11.7 Å². The molecule has 1 aliphatic heterocycles. The zero-order valence-electron chi connectivity index (χ0n) is 16.3. The summed E-state index contributed by atoms with van der Waals surface area (Å²) in [5, 5.41) is 2.40. The number of fused-ring (bicyclic) bond motifs is 1. The lowest BCUT2D eigenvalue weighted by atomic mass is 10.0. The van der Waals surface area contributed by atoms with E-state index in [1.54, 1.807) is 18.3 Å². The number of aryl methyl sites for hydroxylation is 1. The lowest BCUT2D eigenvalue weighted by Gasteiger charge is -2.09. The molecule has 1 aromatic heterocycles. The van der Waals surface area contributed by atoms with Crippen LogP contribution in [-0.2, 0) is 0 Å². The highest BCUT2D eigenvalue weighted by molar-refractivity contribution is 6.04. The van der Waals surface area contributed by atoms with Crippen molar-refractivity contribution in [1.82, 2.24) is 4.98 Å². The van der Waals surface area contributed by atoms with Crippen LogP contribution < -0.4 is 14.8 Å². The van der Waals surface area contributed by atoms with Gasteiger partial charge in [-0.25, -0.2) is 13.8 Å². The molecule has 0 saturated carbocycles. The Labute approximate surface area is 167 Å². The lowest BCUT2D eigenvalue weighted by molar-refractivity contribution is 0.101. The van der Waals surface area contributed by atoms with Crippen LogP contribution in [0.25, 0.3) is 11.1 Å².